The molecule has 1 amide bonds. The van der Waals surface area contributed by atoms with Crippen molar-refractivity contribution < 1.29 is 14.6 Å². The summed E-state index contributed by atoms with van der Waals surface area (Å²) in [7, 11) is 0. The van der Waals surface area contributed by atoms with Gasteiger partial charge in [-0.3, -0.25) is 14.9 Å². The zero-order chi connectivity index (χ0) is 21.1. The molecular weight excluding hydrogens is 402 g/mol. The second-order valence-corrected chi connectivity index (χ2v) is 6.54. The van der Waals surface area contributed by atoms with E-state index >= 15 is 0 Å². The average molecular weight is 416 g/mol. The number of nitrogens with zero attached hydrogens (tertiary/aromatic N) is 4. The molecule has 0 atom stereocenters. The van der Waals surface area contributed by atoms with Crippen molar-refractivity contribution in [2.24, 2.45) is 0 Å². The summed E-state index contributed by atoms with van der Waals surface area (Å²) in [4.78, 5) is 32.8. The molecule has 0 aliphatic carbocycles. The molecule has 0 unspecified atom stereocenters. The Morgan fingerprint density at radius 1 is 1.10 bits per heavy atom. The number of rotatable bonds is 6. The van der Waals surface area contributed by atoms with E-state index in [1.54, 1.807) is 31.2 Å². The molecule has 0 bridgehead atoms. The normalized spacial score (nSPS) is 10.6. The van der Waals surface area contributed by atoms with Gasteiger partial charge in [0.15, 0.2) is 0 Å². The number of non-ortho nitro benzene ring substituents is 1. The summed E-state index contributed by atoms with van der Waals surface area (Å²) in [6.07, 6.45) is 0. The summed E-state index contributed by atoms with van der Waals surface area (Å²) < 4.78 is 1.50. The molecule has 0 saturated carbocycles. The highest BCUT2D eigenvalue weighted by Crippen LogP contribution is 2.27. The van der Waals surface area contributed by atoms with Crippen molar-refractivity contribution in [2.45, 2.75) is 13.5 Å². The molecule has 29 heavy (non-hydrogen) atoms. The lowest BCUT2D eigenvalue weighted by Crippen LogP contribution is -2.12. The molecule has 2 aromatic carbocycles. The third-order valence-corrected chi connectivity index (χ3v) is 4.43. The Labute approximate surface area is 169 Å². The molecule has 0 aliphatic rings. The number of aryl methyl sites for hydroxylation is 1. The van der Waals surface area contributed by atoms with Crippen LogP contribution in [0.4, 0.5) is 17.2 Å². The maximum atomic E-state index is 12.4. The van der Waals surface area contributed by atoms with Crippen LogP contribution >= 0.6 is 11.6 Å². The topological polar surface area (TPSA) is 133 Å². The predicted octanol–water partition coefficient (Wildman–Crippen LogP) is 3.96. The largest absolute Gasteiger partial charge is 0.390 e. The number of benzene rings is 2. The summed E-state index contributed by atoms with van der Waals surface area (Å²) in [5.74, 6) is -0.656. The van der Waals surface area contributed by atoms with Crippen LogP contribution in [0.3, 0.4) is 0 Å². The fraction of sp³-hybridized carbons (Fsp3) is 0.111. The number of anilines is 1. The van der Waals surface area contributed by atoms with Crippen molar-refractivity contribution in [3.8, 4) is 0 Å². The van der Waals surface area contributed by atoms with Gasteiger partial charge in [0.05, 0.1) is 39.0 Å². The Bertz CT molecular complexity index is 1110. The second kappa shape index (κ2) is 8.07. The van der Waals surface area contributed by atoms with Gasteiger partial charge in [-0.25, -0.2) is 0 Å². The van der Waals surface area contributed by atoms with E-state index in [-0.39, 0.29) is 22.2 Å². The highest BCUT2D eigenvalue weighted by molar-refractivity contribution is 6.34. The molecule has 1 N–H and O–H groups in total. The molecule has 0 saturated heterocycles. The average Bonchev–Trinajstić information content (AvgIpc) is 3.04. The summed E-state index contributed by atoms with van der Waals surface area (Å²) in [6, 6.07) is 11.8. The molecule has 0 radical (unpaired) electrons. The number of hydrogen-bond donors (Lipinski definition) is 1. The van der Waals surface area contributed by atoms with E-state index in [1.807, 2.05) is 0 Å². The van der Waals surface area contributed by atoms with Crippen molar-refractivity contribution in [2.75, 3.05) is 5.32 Å². The fourth-order valence-electron chi connectivity index (χ4n) is 2.59. The first-order valence-electron chi connectivity index (χ1n) is 8.27. The second-order valence-electron chi connectivity index (χ2n) is 6.13. The lowest BCUT2D eigenvalue weighted by atomic mass is 10.1. The number of nitro groups is 2. The molecule has 0 aliphatic heterocycles. The van der Waals surface area contributed by atoms with Crippen molar-refractivity contribution >= 4 is 34.7 Å². The highest BCUT2D eigenvalue weighted by Gasteiger charge is 2.16. The smallest absolute Gasteiger partial charge is 0.358 e. The maximum absolute atomic E-state index is 12.4. The lowest BCUT2D eigenvalue weighted by molar-refractivity contribution is -0.389. The number of carbonyl (C=O) groups is 1. The van der Waals surface area contributed by atoms with Crippen LogP contribution in [0, 0.1) is 27.2 Å². The third kappa shape index (κ3) is 4.55. The van der Waals surface area contributed by atoms with Gasteiger partial charge in [0.25, 0.3) is 11.6 Å². The zero-order valence-corrected chi connectivity index (χ0v) is 15.8. The van der Waals surface area contributed by atoms with Crippen LogP contribution in [0.15, 0.2) is 48.5 Å². The van der Waals surface area contributed by atoms with Crippen LogP contribution in [0.2, 0.25) is 5.02 Å². The van der Waals surface area contributed by atoms with Crippen molar-refractivity contribution in [3.05, 3.63) is 90.6 Å². The fourth-order valence-corrected chi connectivity index (χ4v) is 2.81. The molecule has 1 heterocycles. The first kappa shape index (κ1) is 20.0. The van der Waals surface area contributed by atoms with E-state index < -0.39 is 15.8 Å². The van der Waals surface area contributed by atoms with Gasteiger partial charge < -0.3 is 15.4 Å². The van der Waals surface area contributed by atoms with Crippen molar-refractivity contribution in [3.63, 3.8) is 0 Å². The van der Waals surface area contributed by atoms with Crippen molar-refractivity contribution in [1.29, 1.82) is 0 Å². The van der Waals surface area contributed by atoms with Crippen LogP contribution in [-0.2, 0) is 6.54 Å². The van der Waals surface area contributed by atoms with Crippen LogP contribution < -0.4 is 5.32 Å². The van der Waals surface area contributed by atoms with Gasteiger partial charge in [-0.2, -0.15) is 4.68 Å². The Balaban J connectivity index is 1.70. The molecule has 10 nitrogen and oxygen atoms in total. The number of nitro benzene ring substituents is 1. The highest BCUT2D eigenvalue weighted by atomic mass is 35.5. The molecule has 0 fully saturated rings. The summed E-state index contributed by atoms with van der Waals surface area (Å²) in [5.41, 5.74) is 1.88. The van der Waals surface area contributed by atoms with Gasteiger partial charge in [0, 0.05) is 17.7 Å². The maximum Gasteiger partial charge on any atom is 0.390 e. The van der Waals surface area contributed by atoms with Crippen LogP contribution in [-0.4, -0.2) is 25.5 Å². The zero-order valence-electron chi connectivity index (χ0n) is 15.0. The van der Waals surface area contributed by atoms with Crippen molar-refractivity contribution in [1.82, 2.24) is 9.78 Å². The van der Waals surface area contributed by atoms with E-state index in [0.717, 1.165) is 11.6 Å². The summed E-state index contributed by atoms with van der Waals surface area (Å²) in [6.45, 7) is 2.03. The van der Waals surface area contributed by atoms with Crippen LogP contribution in [0.5, 0.6) is 0 Å². The minimum atomic E-state index is -0.577. The summed E-state index contributed by atoms with van der Waals surface area (Å²) in [5, 5.41) is 28.1. The minimum Gasteiger partial charge on any atom is -0.358 e. The molecule has 3 aromatic rings. The summed E-state index contributed by atoms with van der Waals surface area (Å²) >= 11 is 5.98. The van der Waals surface area contributed by atoms with Gasteiger partial charge in [0.1, 0.15) is 0 Å². The van der Waals surface area contributed by atoms with Crippen LogP contribution in [0.25, 0.3) is 0 Å². The van der Waals surface area contributed by atoms with E-state index in [9.17, 15) is 25.0 Å². The van der Waals surface area contributed by atoms with E-state index in [0.29, 0.717) is 17.8 Å². The van der Waals surface area contributed by atoms with Gasteiger partial charge in [-0.1, -0.05) is 23.7 Å². The van der Waals surface area contributed by atoms with Gasteiger partial charge in [-0.15, -0.1) is 0 Å². The van der Waals surface area contributed by atoms with E-state index in [4.69, 9.17) is 11.6 Å². The SMILES string of the molecule is Cc1cc([N+](=O)[O-])nn1Cc1ccc(C(=O)Nc2ccc([N+](=O)[O-])cc2Cl)cc1. The van der Waals surface area contributed by atoms with E-state index in [1.165, 1.54) is 22.9 Å². The number of hydrogen-bond acceptors (Lipinski definition) is 6. The lowest BCUT2D eigenvalue weighted by Gasteiger charge is -2.08. The number of carbonyl (C=O) groups excluding carboxylic acids is 1. The molecule has 11 heteroatoms. The Morgan fingerprint density at radius 3 is 2.34 bits per heavy atom. The van der Waals surface area contributed by atoms with Gasteiger partial charge in [0.2, 0.25) is 0 Å². The molecular formula is C18H14ClN5O5. The monoisotopic (exact) mass is 415 g/mol. The molecule has 1 aromatic heterocycles. The number of nitrogens with one attached hydrogen (secondary N) is 1. The quantitative estimate of drug-likeness (QED) is 0.478. The van der Waals surface area contributed by atoms with Gasteiger partial charge in [-0.05, 0) is 35.6 Å². The van der Waals surface area contributed by atoms with Gasteiger partial charge >= 0.3 is 5.82 Å². The first-order valence-corrected chi connectivity index (χ1v) is 8.65. The molecule has 0 spiro atoms. The predicted molar refractivity (Wildman–Crippen MR) is 105 cm³/mol. The first-order chi connectivity index (χ1) is 13.7. The third-order valence-electron chi connectivity index (χ3n) is 4.12. The number of amides is 1. The number of halogens is 1. The Kier molecular flexibility index (Phi) is 5.55. The number of aromatic nitrogens is 2. The van der Waals surface area contributed by atoms with E-state index in [2.05, 4.69) is 10.4 Å². The Morgan fingerprint density at radius 2 is 1.79 bits per heavy atom. The van der Waals surface area contributed by atoms with Crippen LogP contribution in [0.1, 0.15) is 21.6 Å². The molecule has 3 rings (SSSR count). The molecule has 148 valence electrons. The minimum absolute atomic E-state index is 0.0555. The standard InChI is InChI=1S/C18H14ClN5O5/c1-11-8-17(24(28)29)21-22(11)10-12-2-4-13(5-3-12)18(25)20-16-7-6-14(23(26)27)9-15(16)19/h2-9H,10H2,1H3,(H,20,25). The Hall–Kier alpha value is -3.79.